The monoisotopic (exact) mass is 921 g/mol. The molecule has 0 spiro atoms. The van der Waals surface area contributed by atoms with E-state index in [1.54, 1.807) is 12.3 Å². The third-order valence-corrected chi connectivity index (χ3v) is 11.0. The summed E-state index contributed by atoms with van der Waals surface area (Å²) in [5.74, 6) is 0.296. The van der Waals surface area contributed by atoms with Crippen molar-refractivity contribution in [3.05, 3.63) is 167 Å². The maximum atomic E-state index is 11.5. The molecule has 280 valence electrons. The molecule has 0 aliphatic heterocycles. The molecule has 0 amide bonds. The molecule has 0 radical (unpaired) electrons. The number of aromatic hydroxyl groups is 2. The van der Waals surface area contributed by atoms with Gasteiger partial charge in [-0.25, -0.2) is 4.98 Å². The molecular formula is C50H38N4O2Pt. The van der Waals surface area contributed by atoms with Crippen molar-refractivity contribution in [3.63, 3.8) is 0 Å². The summed E-state index contributed by atoms with van der Waals surface area (Å²) in [4.78, 5) is 9.78. The minimum atomic E-state index is 0. The standard InChI is InChI=1S/C50H38N4O2.Pt/c1-29-11-17-44-37(23-29)38-24-30(2)12-18-45(38)53(44)34-15-16-35(49(56)27-34)41-9-5-7-33(52-41)28-51-42-10-6-8-36-43(21-22-48(55)50(36)42)54-46-19-13-31(3)25-39(46)40-26-32(4)14-20-47(40)54;/h5-28,55-56H,1-4H3;. The number of pyridine rings is 1. The van der Waals surface area contributed by atoms with Crippen LogP contribution in [0.25, 0.3) is 77.0 Å². The first-order chi connectivity index (χ1) is 27.2. The number of benzene rings is 7. The van der Waals surface area contributed by atoms with Crippen molar-refractivity contribution in [1.82, 2.24) is 14.1 Å². The Morgan fingerprint density at radius 3 is 1.61 bits per heavy atom. The van der Waals surface area contributed by atoms with Crippen LogP contribution in [0.15, 0.2) is 145 Å². The number of hydrogen-bond acceptors (Lipinski definition) is 4. The molecule has 0 aliphatic carbocycles. The molecule has 3 aromatic heterocycles. The van der Waals surface area contributed by atoms with Gasteiger partial charge in [0.2, 0.25) is 0 Å². The summed E-state index contributed by atoms with van der Waals surface area (Å²) in [6, 6.07) is 47.3. The van der Waals surface area contributed by atoms with Crippen molar-refractivity contribution in [3.8, 4) is 34.1 Å². The Labute approximate surface area is 344 Å². The molecule has 6 nitrogen and oxygen atoms in total. The predicted molar refractivity (Wildman–Crippen MR) is 232 cm³/mol. The van der Waals surface area contributed by atoms with E-state index in [-0.39, 0.29) is 32.6 Å². The summed E-state index contributed by atoms with van der Waals surface area (Å²) in [6.07, 6.45) is 1.71. The normalized spacial score (nSPS) is 11.8. The van der Waals surface area contributed by atoms with Crippen LogP contribution in [0.4, 0.5) is 5.69 Å². The Kier molecular flexibility index (Phi) is 8.83. The molecule has 3 heterocycles. The number of aryl methyl sites for hydroxylation is 4. The van der Waals surface area contributed by atoms with Crippen LogP contribution in [-0.2, 0) is 21.1 Å². The van der Waals surface area contributed by atoms with Gasteiger partial charge in [-0.1, -0.05) is 64.7 Å². The van der Waals surface area contributed by atoms with Crippen molar-refractivity contribution in [2.24, 2.45) is 4.99 Å². The number of fused-ring (bicyclic) bond motifs is 7. The predicted octanol–water partition coefficient (Wildman–Crippen LogP) is 12.5. The van der Waals surface area contributed by atoms with E-state index in [4.69, 9.17) is 9.98 Å². The topological polar surface area (TPSA) is 75.6 Å². The molecule has 57 heavy (non-hydrogen) atoms. The largest absolute Gasteiger partial charge is 0.507 e. The van der Waals surface area contributed by atoms with E-state index in [0.29, 0.717) is 28.0 Å². The molecule has 0 unspecified atom stereocenters. The molecule has 2 N–H and O–H groups in total. The minimum absolute atomic E-state index is 0. The molecule has 10 aromatic rings. The van der Waals surface area contributed by atoms with Gasteiger partial charge in [0.1, 0.15) is 11.5 Å². The number of rotatable bonds is 5. The Balaban J connectivity index is 0.00000422. The second-order valence-corrected chi connectivity index (χ2v) is 15.0. The number of aliphatic imine (C=N–C) groups is 1. The zero-order valence-electron chi connectivity index (χ0n) is 31.9. The number of phenols is 2. The maximum Gasteiger partial charge on any atom is 0.127 e. The number of phenolic OH excluding ortho intramolecular Hbond substituents is 2. The second kappa shape index (κ2) is 13.9. The van der Waals surface area contributed by atoms with E-state index in [1.165, 1.54) is 43.8 Å². The van der Waals surface area contributed by atoms with Gasteiger partial charge in [-0.2, -0.15) is 0 Å². The summed E-state index contributed by atoms with van der Waals surface area (Å²) in [5.41, 5.74) is 13.6. The zero-order valence-corrected chi connectivity index (χ0v) is 34.1. The van der Waals surface area contributed by atoms with Crippen LogP contribution in [0.1, 0.15) is 27.9 Å². The van der Waals surface area contributed by atoms with Gasteiger partial charge in [0.25, 0.3) is 0 Å². The molecular weight excluding hydrogens is 884 g/mol. The average Bonchev–Trinajstić information content (AvgIpc) is 3.68. The van der Waals surface area contributed by atoms with E-state index in [1.807, 2.05) is 60.7 Å². The van der Waals surface area contributed by atoms with Gasteiger partial charge >= 0.3 is 0 Å². The Morgan fingerprint density at radius 1 is 0.509 bits per heavy atom. The van der Waals surface area contributed by atoms with Gasteiger partial charge in [-0.05, 0) is 119 Å². The quantitative estimate of drug-likeness (QED) is 0.169. The van der Waals surface area contributed by atoms with Crippen LogP contribution in [0.3, 0.4) is 0 Å². The minimum Gasteiger partial charge on any atom is -0.507 e. The molecule has 10 rings (SSSR count). The van der Waals surface area contributed by atoms with Crippen molar-refractivity contribution < 1.29 is 31.3 Å². The molecule has 0 bridgehead atoms. The Morgan fingerprint density at radius 2 is 1.05 bits per heavy atom. The van der Waals surface area contributed by atoms with Crippen molar-refractivity contribution in [1.29, 1.82) is 0 Å². The number of aromatic nitrogens is 3. The molecule has 0 saturated heterocycles. The first-order valence-electron chi connectivity index (χ1n) is 18.8. The Hall–Kier alpha value is -6.49. The molecule has 0 aliphatic rings. The smallest absolute Gasteiger partial charge is 0.127 e. The molecule has 7 heteroatoms. The van der Waals surface area contributed by atoms with E-state index >= 15 is 0 Å². The van der Waals surface area contributed by atoms with E-state index < -0.39 is 0 Å². The van der Waals surface area contributed by atoms with Crippen LogP contribution in [0.2, 0.25) is 0 Å². The average molecular weight is 922 g/mol. The second-order valence-electron chi connectivity index (χ2n) is 15.0. The van der Waals surface area contributed by atoms with Crippen LogP contribution in [0.5, 0.6) is 11.5 Å². The fraction of sp³-hybridized carbons (Fsp3) is 0.0800. The third-order valence-electron chi connectivity index (χ3n) is 11.0. The van der Waals surface area contributed by atoms with Crippen molar-refractivity contribution in [2.45, 2.75) is 27.7 Å². The molecule has 0 atom stereocenters. The fourth-order valence-corrected chi connectivity index (χ4v) is 8.38. The van der Waals surface area contributed by atoms with Crippen molar-refractivity contribution >= 4 is 66.3 Å². The first-order valence-corrected chi connectivity index (χ1v) is 18.8. The molecule has 7 aromatic carbocycles. The Bertz CT molecular complexity index is 3160. The first kappa shape index (κ1) is 36.2. The summed E-state index contributed by atoms with van der Waals surface area (Å²) in [5, 5.41) is 29.1. The fourth-order valence-electron chi connectivity index (χ4n) is 8.38. The van der Waals surface area contributed by atoms with Gasteiger partial charge in [0, 0.05) is 65.3 Å². The zero-order chi connectivity index (χ0) is 38.2. The number of nitrogens with zero attached hydrogens (tertiary/aromatic N) is 4. The summed E-state index contributed by atoms with van der Waals surface area (Å²) >= 11 is 0. The molecule has 0 fully saturated rings. The maximum absolute atomic E-state index is 11.5. The van der Waals surface area contributed by atoms with E-state index in [0.717, 1.165) is 38.8 Å². The van der Waals surface area contributed by atoms with Gasteiger partial charge in [-0.3, -0.25) is 4.99 Å². The summed E-state index contributed by atoms with van der Waals surface area (Å²) < 4.78 is 4.49. The van der Waals surface area contributed by atoms with E-state index in [9.17, 15) is 10.2 Å². The van der Waals surface area contributed by atoms with Crippen LogP contribution >= 0.6 is 0 Å². The van der Waals surface area contributed by atoms with Gasteiger partial charge in [0.15, 0.2) is 0 Å². The van der Waals surface area contributed by atoms with Crippen LogP contribution in [-0.4, -0.2) is 30.5 Å². The third kappa shape index (κ3) is 6.00. The van der Waals surface area contributed by atoms with Gasteiger partial charge < -0.3 is 19.3 Å². The van der Waals surface area contributed by atoms with Crippen molar-refractivity contribution in [2.75, 3.05) is 0 Å². The summed E-state index contributed by atoms with van der Waals surface area (Å²) in [6.45, 7) is 8.47. The molecule has 0 saturated carbocycles. The van der Waals surface area contributed by atoms with E-state index in [2.05, 4.69) is 110 Å². The SMILES string of the molecule is Cc1ccc2c(c1)c1cc(C)ccc1n2-c1ccc(-c2cccc(C=Nc3cccc4c(-n5c6ccc(C)cc6c6cc(C)ccc65)ccc(O)c34)n2)c(O)c1.[Pt]. The van der Waals surface area contributed by atoms with Crippen LogP contribution < -0.4 is 0 Å². The number of hydrogen-bond donors (Lipinski definition) is 2. The van der Waals surface area contributed by atoms with Gasteiger partial charge in [0.05, 0.1) is 56.4 Å². The van der Waals surface area contributed by atoms with Gasteiger partial charge in [-0.15, -0.1) is 0 Å². The summed E-state index contributed by atoms with van der Waals surface area (Å²) in [7, 11) is 0. The van der Waals surface area contributed by atoms with Crippen LogP contribution in [0, 0.1) is 27.7 Å².